The first kappa shape index (κ1) is 17.8. The van der Waals surface area contributed by atoms with Crippen LogP contribution in [0.5, 0.6) is 5.75 Å². The van der Waals surface area contributed by atoms with Crippen molar-refractivity contribution in [1.82, 2.24) is 20.4 Å². The summed E-state index contributed by atoms with van der Waals surface area (Å²) in [5.74, 6) is 1.95. The number of carbonyl (C=O) groups excluding carboxylic acids is 1. The predicted molar refractivity (Wildman–Crippen MR) is 99.3 cm³/mol. The summed E-state index contributed by atoms with van der Waals surface area (Å²) in [5, 5.41) is 16.3. The van der Waals surface area contributed by atoms with E-state index >= 15 is 0 Å². The fourth-order valence-electron chi connectivity index (χ4n) is 3.66. The van der Waals surface area contributed by atoms with Crippen LogP contribution >= 0.6 is 0 Å². The van der Waals surface area contributed by atoms with Gasteiger partial charge in [0.05, 0.1) is 6.54 Å². The highest BCUT2D eigenvalue weighted by molar-refractivity contribution is 5.74. The van der Waals surface area contributed by atoms with Crippen LogP contribution in [0.3, 0.4) is 0 Å². The van der Waals surface area contributed by atoms with E-state index in [1.54, 1.807) is 12.1 Å². The van der Waals surface area contributed by atoms with Crippen LogP contribution in [0.1, 0.15) is 61.7 Å². The average Bonchev–Trinajstić information content (AvgIpc) is 3.44. The molecule has 1 aliphatic carbocycles. The fraction of sp³-hybridized carbons (Fsp3) is 0.550. The molecule has 7 heteroatoms. The number of rotatable bonds is 6. The third kappa shape index (κ3) is 4.59. The lowest BCUT2D eigenvalue weighted by Gasteiger charge is -2.35. The van der Waals surface area contributed by atoms with Crippen LogP contribution in [0, 0.1) is 0 Å². The Bertz CT molecular complexity index is 770. The minimum atomic E-state index is -0.0526. The Hall–Kier alpha value is -2.57. The van der Waals surface area contributed by atoms with Gasteiger partial charge < -0.3 is 19.8 Å². The monoisotopic (exact) mass is 370 g/mol. The van der Waals surface area contributed by atoms with Gasteiger partial charge in [-0.15, -0.1) is 0 Å². The van der Waals surface area contributed by atoms with Crippen molar-refractivity contribution in [2.75, 3.05) is 6.54 Å². The highest BCUT2D eigenvalue weighted by Crippen LogP contribution is 2.38. The number of aromatic nitrogens is 2. The number of benzene rings is 1. The van der Waals surface area contributed by atoms with E-state index in [0.29, 0.717) is 24.2 Å². The third-order valence-electron chi connectivity index (χ3n) is 5.40. The lowest BCUT2D eigenvalue weighted by molar-refractivity contribution is 0.146. The van der Waals surface area contributed by atoms with E-state index in [1.807, 2.05) is 17.0 Å². The van der Waals surface area contributed by atoms with E-state index in [-0.39, 0.29) is 17.8 Å². The molecule has 2 fully saturated rings. The van der Waals surface area contributed by atoms with Crippen LogP contribution in [0.2, 0.25) is 0 Å². The Kier molecular flexibility index (Phi) is 5.27. The van der Waals surface area contributed by atoms with E-state index < -0.39 is 0 Å². The molecule has 7 nitrogen and oxygen atoms in total. The molecule has 2 heterocycles. The van der Waals surface area contributed by atoms with Crippen molar-refractivity contribution in [2.24, 2.45) is 0 Å². The van der Waals surface area contributed by atoms with Crippen molar-refractivity contribution < 1.29 is 14.4 Å². The average molecular weight is 370 g/mol. The molecule has 0 bridgehead atoms. The number of aryl methyl sites for hydroxylation is 1. The van der Waals surface area contributed by atoms with Crippen LogP contribution in [0.4, 0.5) is 4.79 Å². The van der Waals surface area contributed by atoms with Gasteiger partial charge in [-0.1, -0.05) is 17.3 Å². The molecular formula is C20H26N4O3. The van der Waals surface area contributed by atoms with Crippen molar-refractivity contribution in [1.29, 1.82) is 0 Å². The van der Waals surface area contributed by atoms with Gasteiger partial charge >= 0.3 is 6.03 Å². The predicted octanol–water partition coefficient (Wildman–Crippen LogP) is 3.35. The lowest BCUT2D eigenvalue weighted by Crippen LogP contribution is -2.48. The zero-order valence-corrected chi connectivity index (χ0v) is 15.4. The van der Waals surface area contributed by atoms with Crippen LogP contribution in [0.15, 0.2) is 28.8 Å². The number of likely N-dealkylation sites (tertiary alicyclic amines) is 1. The number of hydrogen-bond acceptors (Lipinski definition) is 5. The normalized spacial score (nSPS) is 19.9. The largest absolute Gasteiger partial charge is 0.508 e. The zero-order chi connectivity index (χ0) is 18.6. The molecule has 2 aromatic rings. The summed E-state index contributed by atoms with van der Waals surface area (Å²) in [7, 11) is 0. The molecule has 2 N–H and O–H groups in total. The van der Waals surface area contributed by atoms with Gasteiger partial charge in [-0.2, -0.15) is 4.98 Å². The van der Waals surface area contributed by atoms with Crippen molar-refractivity contribution in [3.63, 3.8) is 0 Å². The molecule has 1 saturated heterocycles. The quantitative estimate of drug-likeness (QED) is 0.814. The molecule has 4 rings (SSSR count). The Morgan fingerprint density at radius 1 is 1.22 bits per heavy atom. The molecule has 1 aromatic carbocycles. The molecule has 1 atom stereocenters. The second-order valence-electron chi connectivity index (χ2n) is 7.53. The van der Waals surface area contributed by atoms with Gasteiger partial charge in [0.25, 0.3) is 0 Å². The van der Waals surface area contributed by atoms with Crippen molar-refractivity contribution in [3.8, 4) is 5.75 Å². The van der Waals surface area contributed by atoms with Crippen LogP contribution in [0.25, 0.3) is 0 Å². The van der Waals surface area contributed by atoms with Gasteiger partial charge in [0.2, 0.25) is 5.89 Å². The summed E-state index contributed by atoms with van der Waals surface area (Å²) in [6, 6.07) is 7.48. The number of phenols is 1. The Morgan fingerprint density at radius 3 is 2.81 bits per heavy atom. The number of nitrogens with one attached hydrogen (secondary N) is 1. The van der Waals surface area contributed by atoms with Crippen LogP contribution < -0.4 is 5.32 Å². The van der Waals surface area contributed by atoms with Crippen molar-refractivity contribution in [3.05, 3.63) is 41.5 Å². The van der Waals surface area contributed by atoms with Crippen LogP contribution in [-0.2, 0) is 13.0 Å². The highest BCUT2D eigenvalue weighted by Gasteiger charge is 2.30. The molecule has 2 amide bonds. The third-order valence-corrected chi connectivity index (χ3v) is 5.40. The summed E-state index contributed by atoms with van der Waals surface area (Å²) in [4.78, 5) is 19.0. The maximum absolute atomic E-state index is 12.7. The number of hydrogen-bond donors (Lipinski definition) is 2. The minimum Gasteiger partial charge on any atom is -0.508 e. The highest BCUT2D eigenvalue weighted by atomic mass is 16.5. The standard InChI is InChI=1S/C20H26N4O3/c25-17-10-5-14(6-11-17)4-9-16-3-1-2-12-24(16)20(26)21-13-18-22-19(27-23-18)15-7-8-15/h5-6,10-11,15-16,25H,1-4,7-9,12-13H2,(H,21,26)/t16-/m0/s1. The number of aromatic hydroxyl groups is 1. The van der Waals surface area contributed by atoms with Gasteiger partial charge in [0, 0.05) is 18.5 Å². The maximum atomic E-state index is 12.7. The van der Waals surface area contributed by atoms with E-state index in [1.165, 1.54) is 5.56 Å². The van der Waals surface area contributed by atoms with Gasteiger partial charge in [0.1, 0.15) is 5.75 Å². The second kappa shape index (κ2) is 7.98. The topological polar surface area (TPSA) is 91.5 Å². The summed E-state index contributed by atoms with van der Waals surface area (Å²) >= 11 is 0. The van der Waals surface area contributed by atoms with E-state index in [2.05, 4.69) is 15.5 Å². The van der Waals surface area contributed by atoms with Gasteiger partial charge in [-0.05, 0) is 62.6 Å². The molecule has 1 saturated carbocycles. The number of amides is 2. The molecule has 144 valence electrons. The summed E-state index contributed by atoms with van der Waals surface area (Å²) < 4.78 is 5.24. The van der Waals surface area contributed by atoms with Crippen molar-refractivity contribution in [2.45, 2.75) is 63.5 Å². The molecule has 0 radical (unpaired) electrons. The number of piperidine rings is 1. The number of phenolic OH excluding ortho intramolecular Hbond substituents is 1. The fourth-order valence-corrected chi connectivity index (χ4v) is 3.66. The Labute approximate surface area is 158 Å². The molecule has 1 aliphatic heterocycles. The first-order valence-electron chi connectivity index (χ1n) is 9.84. The van der Waals surface area contributed by atoms with E-state index in [4.69, 9.17) is 4.52 Å². The molecular weight excluding hydrogens is 344 g/mol. The molecule has 0 unspecified atom stereocenters. The Morgan fingerprint density at radius 2 is 2.04 bits per heavy atom. The Balaban J connectivity index is 1.30. The molecule has 2 aliphatic rings. The second-order valence-corrected chi connectivity index (χ2v) is 7.53. The zero-order valence-electron chi connectivity index (χ0n) is 15.4. The minimum absolute atomic E-state index is 0.0526. The van der Waals surface area contributed by atoms with Gasteiger partial charge in [-0.25, -0.2) is 4.79 Å². The number of carbonyl (C=O) groups is 1. The number of nitrogens with zero attached hydrogens (tertiary/aromatic N) is 3. The number of urea groups is 1. The summed E-state index contributed by atoms with van der Waals surface area (Å²) in [5.41, 5.74) is 1.18. The van der Waals surface area contributed by atoms with Gasteiger partial charge in [0.15, 0.2) is 5.82 Å². The lowest BCUT2D eigenvalue weighted by atomic mass is 9.96. The summed E-state index contributed by atoms with van der Waals surface area (Å²) in [6.07, 6.45) is 7.27. The SMILES string of the molecule is O=C(NCc1noc(C2CC2)n1)N1CCCC[C@H]1CCc1ccc(O)cc1. The molecule has 0 spiro atoms. The first-order valence-corrected chi connectivity index (χ1v) is 9.84. The smallest absolute Gasteiger partial charge is 0.318 e. The van der Waals surface area contributed by atoms with E-state index in [9.17, 15) is 9.90 Å². The van der Waals surface area contributed by atoms with E-state index in [0.717, 1.165) is 51.5 Å². The molecule has 1 aromatic heterocycles. The molecule has 27 heavy (non-hydrogen) atoms. The van der Waals surface area contributed by atoms with Gasteiger partial charge in [-0.3, -0.25) is 0 Å². The summed E-state index contributed by atoms with van der Waals surface area (Å²) in [6.45, 7) is 1.09. The first-order chi connectivity index (χ1) is 13.2. The van der Waals surface area contributed by atoms with Crippen molar-refractivity contribution >= 4 is 6.03 Å². The maximum Gasteiger partial charge on any atom is 0.318 e. The van der Waals surface area contributed by atoms with Crippen LogP contribution in [-0.4, -0.2) is 38.8 Å².